The van der Waals surface area contributed by atoms with Gasteiger partial charge in [0, 0.05) is 6.20 Å². The van der Waals surface area contributed by atoms with Gasteiger partial charge in [0.25, 0.3) is 0 Å². The third-order valence-electron chi connectivity index (χ3n) is 3.04. The maximum Gasteiger partial charge on any atom is 0.573 e. The predicted molar refractivity (Wildman–Crippen MR) is 74.3 cm³/mol. The van der Waals surface area contributed by atoms with Gasteiger partial charge in [0.2, 0.25) is 5.91 Å². The molecule has 0 saturated carbocycles. The van der Waals surface area contributed by atoms with Crippen LogP contribution in [-0.2, 0) is 16.9 Å². The third-order valence-corrected chi connectivity index (χ3v) is 3.04. The van der Waals surface area contributed by atoms with Gasteiger partial charge >= 0.3 is 6.36 Å². The Labute approximate surface area is 130 Å². The normalized spacial score (nSPS) is 12.0. The Kier molecular flexibility index (Phi) is 4.57. The summed E-state index contributed by atoms with van der Waals surface area (Å²) in [4.78, 5) is 12.0. The molecule has 1 amide bonds. The third kappa shape index (κ3) is 4.97. The molecule has 0 fully saturated rings. The van der Waals surface area contributed by atoms with Crippen molar-refractivity contribution in [1.82, 2.24) is 20.3 Å². The molecule has 9 heteroatoms. The zero-order chi connectivity index (χ0) is 17.1. The second-order valence-electron chi connectivity index (χ2n) is 5.35. The first-order valence-corrected chi connectivity index (χ1v) is 6.67. The first-order valence-electron chi connectivity index (χ1n) is 6.67. The van der Waals surface area contributed by atoms with Crippen molar-refractivity contribution in [2.75, 3.05) is 0 Å². The van der Waals surface area contributed by atoms with Crippen LogP contribution < -0.4 is 10.1 Å². The summed E-state index contributed by atoms with van der Waals surface area (Å²) in [6.07, 6.45) is -1.73. The van der Waals surface area contributed by atoms with Crippen LogP contribution in [0.3, 0.4) is 0 Å². The van der Waals surface area contributed by atoms with Gasteiger partial charge in [-0.05, 0) is 31.5 Å². The number of carbonyl (C=O) groups is 1. The molecule has 0 unspecified atom stereocenters. The van der Waals surface area contributed by atoms with Crippen molar-refractivity contribution in [1.29, 1.82) is 0 Å². The molecule has 0 aliphatic rings. The van der Waals surface area contributed by atoms with Crippen LogP contribution in [0.4, 0.5) is 13.2 Å². The number of benzene rings is 1. The number of amides is 1. The summed E-state index contributed by atoms with van der Waals surface area (Å²) in [5.74, 6) is -0.609. The molecule has 0 saturated heterocycles. The average molecular weight is 328 g/mol. The minimum absolute atomic E-state index is 0.00129. The number of rotatable bonds is 5. The van der Waals surface area contributed by atoms with Gasteiger partial charge < -0.3 is 10.1 Å². The van der Waals surface area contributed by atoms with Crippen molar-refractivity contribution >= 4 is 5.91 Å². The van der Waals surface area contributed by atoms with Crippen LogP contribution >= 0.6 is 0 Å². The SMILES string of the molecule is CC(C)(NC(=O)Cn1ccnn1)c1ccc(OC(F)(F)F)cc1. The van der Waals surface area contributed by atoms with Crippen LogP contribution in [0.15, 0.2) is 36.7 Å². The molecular weight excluding hydrogens is 313 g/mol. The molecule has 124 valence electrons. The van der Waals surface area contributed by atoms with Crippen molar-refractivity contribution < 1.29 is 22.7 Å². The second-order valence-corrected chi connectivity index (χ2v) is 5.35. The highest BCUT2D eigenvalue weighted by Crippen LogP contribution is 2.26. The fraction of sp³-hybridized carbons (Fsp3) is 0.357. The van der Waals surface area contributed by atoms with Gasteiger partial charge in [-0.3, -0.25) is 4.79 Å². The van der Waals surface area contributed by atoms with Crippen LogP contribution in [0.5, 0.6) is 5.75 Å². The number of hydrogen-bond donors (Lipinski definition) is 1. The zero-order valence-corrected chi connectivity index (χ0v) is 12.5. The molecule has 0 spiro atoms. The molecule has 1 N–H and O–H groups in total. The zero-order valence-electron chi connectivity index (χ0n) is 12.5. The fourth-order valence-electron chi connectivity index (χ4n) is 2.00. The lowest BCUT2D eigenvalue weighted by molar-refractivity contribution is -0.274. The molecule has 1 aromatic carbocycles. The van der Waals surface area contributed by atoms with Gasteiger partial charge in [-0.1, -0.05) is 17.3 Å². The van der Waals surface area contributed by atoms with Crippen molar-refractivity contribution in [3.63, 3.8) is 0 Å². The maximum absolute atomic E-state index is 12.1. The van der Waals surface area contributed by atoms with Crippen molar-refractivity contribution in [2.45, 2.75) is 32.3 Å². The number of ether oxygens (including phenoxy) is 1. The van der Waals surface area contributed by atoms with Gasteiger partial charge in [-0.25, -0.2) is 4.68 Å². The van der Waals surface area contributed by atoms with E-state index in [-0.39, 0.29) is 18.2 Å². The highest BCUT2D eigenvalue weighted by atomic mass is 19.4. The highest BCUT2D eigenvalue weighted by molar-refractivity contribution is 5.76. The van der Waals surface area contributed by atoms with Gasteiger partial charge in [0.15, 0.2) is 0 Å². The first kappa shape index (κ1) is 16.8. The van der Waals surface area contributed by atoms with Gasteiger partial charge in [-0.2, -0.15) is 0 Å². The quantitative estimate of drug-likeness (QED) is 0.914. The van der Waals surface area contributed by atoms with Gasteiger partial charge in [-0.15, -0.1) is 18.3 Å². The number of nitrogens with zero attached hydrogens (tertiary/aromatic N) is 3. The maximum atomic E-state index is 12.1. The van der Waals surface area contributed by atoms with Gasteiger partial charge in [0.1, 0.15) is 12.3 Å². The second kappa shape index (κ2) is 6.27. The first-order chi connectivity index (χ1) is 10.7. The number of hydrogen-bond acceptors (Lipinski definition) is 4. The molecule has 1 heterocycles. The van der Waals surface area contributed by atoms with Crippen LogP contribution in [0, 0.1) is 0 Å². The summed E-state index contributed by atoms with van der Waals surface area (Å²) in [6.45, 7) is 3.48. The minimum Gasteiger partial charge on any atom is -0.406 e. The Bertz CT molecular complexity index is 652. The molecule has 2 aromatic rings. The summed E-state index contributed by atoms with van der Waals surface area (Å²) in [5.41, 5.74) is -0.131. The molecule has 0 bridgehead atoms. The van der Waals surface area contributed by atoms with E-state index in [2.05, 4.69) is 20.4 Å². The highest BCUT2D eigenvalue weighted by Gasteiger charge is 2.31. The molecule has 6 nitrogen and oxygen atoms in total. The van der Waals surface area contributed by atoms with E-state index in [1.807, 2.05) is 0 Å². The van der Waals surface area contributed by atoms with Crippen LogP contribution in [0.2, 0.25) is 0 Å². The van der Waals surface area contributed by atoms with Crippen molar-refractivity contribution in [2.24, 2.45) is 0 Å². The molecule has 0 aliphatic carbocycles. The van der Waals surface area contributed by atoms with Gasteiger partial charge in [0.05, 0.1) is 11.7 Å². The van der Waals surface area contributed by atoms with Crippen LogP contribution in [0.25, 0.3) is 0 Å². The lowest BCUT2D eigenvalue weighted by atomic mass is 9.94. The number of aromatic nitrogens is 3. The van der Waals surface area contributed by atoms with E-state index in [0.29, 0.717) is 5.56 Å². The smallest absolute Gasteiger partial charge is 0.406 e. The largest absolute Gasteiger partial charge is 0.573 e. The Hall–Kier alpha value is -2.58. The topological polar surface area (TPSA) is 69.0 Å². The number of nitrogens with one attached hydrogen (secondary N) is 1. The van der Waals surface area contributed by atoms with E-state index >= 15 is 0 Å². The van der Waals surface area contributed by atoms with E-state index in [4.69, 9.17) is 0 Å². The van der Waals surface area contributed by atoms with Crippen molar-refractivity contribution in [3.8, 4) is 5.75 Å². The Morgan fingerprint density at radius 3 is 2.43 bits per heavy atom. The molecule has 2 rings (SSSR count). The fourth-order valence-corrected chi connectivity index (χ4v) is 2.00. The average Bonchev–Trinajstić information content (AvgIpc) is 2.89. The summed E-state index contributed by atoms with van der Waals surface area (Å²) in [7, 11) is 0. The summed E-state index contributed by atoms with van der Waals surface area (Å²) >= 11 is 0. The standard InChI is InChI=1S/C14H15F3N4O2/c1-13(2,19-12(22)9-21-8-7-18-20-21)10-3-5-11(6-4-10)23-14(15,16)17/h3-8H,9H2,1-2H3,(H,19,22). The van der Waals surface area contributed by atoms with Crippen LogP contribution in [-0.4, -0.2) is 27.3 Å². The van der Waals surface area contributed by atoms with Crippen LogP contribution in [0.1, 0.15) is 19.4 Å². The molecule has 0 aliphatic heterocycles. The minimum atomic E-state index is -4.73. The number of halogens is 3. The summed E-state index contributed by atoms with van der Waals surface area (Å²) in [5, 5.41) is 10.1. The number of carbonyl (C=O) groups excluding carboxylic acids is 1. The monoisotopic (exact) mass is 328 g/mol. The van der Waals surface area contributed by atoms with E-state index < -0.39 is 11.9 Å². The Balaban J connectivity index is 2.02. The summed E-state index contributed by atoms with van der Waals surface area (Å²) in [6, 6.07) is 5.34. The van der Waals surface area contributed by atoms with E-state index in [1.165, 1.54) is 35.1 Å². The lowest BCUT2D eigenvalue weighted by Crippen LogP contribution is -2.42. The lowest BCUT2D eigenvalue weighted by Gasteiger charge is -2.27. The number of alkyl halides is 3. The molecule has 0 radical (unpaired) electrons. The van der Waals surface area contributed by atoms with Crippen molar-refractivity contribution in [3.05, 3.63) is 42.2 Å². The van der Waals surface area contributed by atoms with E-state index in [0.717, 1.165) is 0 Å². The molecular formula is C14H15F3N4O2. The Morgan fingerprint density at radius 1 is 1.26 bits per heavy atom. The van der Waals surface area contributed by atoms with E-state index in [1.54, 1.807) is 20.0 Å². The molecule has 23 heavy (non-hydrogen) atoms. The molecule has 0 atom stereocenters. The molecule has 1 aromatic heterocycles. The van der Waals surface area contributed by atoms with E-state index in [9.17, 15) is 18.0 Å². The Morgan fingerprint density at radius 2 is 1.91 bits per heavy atom. The predicted octanol–water partition coefficient (Wildman–Crippen LogP) is 2.23. The summed E-state index contributed by atoms with van der Waals surface area (Å²) < 4.78 is 41.6.